The van der Waals surface area contributed by atoms with Crippen molar-refractivity contribution in [3.05, 3.63) is 218 Å². The van der Waals surface area contributed by atoms with E-state index in [9.17, 15) is 0 Å². The molecule has 276 valence electrons. The Labute approximate surface area is 346 Å². The molecule has 3 heteroatoms. The van der Waals surface area contributed by atoms with Crippen molar-refractivity contribution >= 4 is 91.9 Å². The first-order valence-corrected chi connectivity index (χ1v) is 21.0. The molecule has 0 aliphatic carbocycles. The number of hydrogen-bond donors (Lipinski definition) is 0. The summed E-state index contributed by atoms with van der Waals surface area (Å²) in [4.78, 5) is 2.38. The maximum atomic E-state index is 2.44. The molecule has 0 spiro atoms. The Balaban J connectivity index is 0.967. The fourth-order valence-corrected chi connectivity index (χ4v) is 10.4. The van der Waals surface area contributed by atoms with E-state index in [-0.39, 0.29) is 0 Å². The van der Waals surface area contributed by atoms with Gasteiger partial charge in [-0.2, -0.15) is 0 Å². The number of nitrogens with zero attached hydrogens (tertiary/aromatic N) is 2. The van der Waals surface area contributed by atoms with Crippen molar-refractivity contribution in [2.24, 2.45) is 0 Å². The van der Waals surface area contributed by atoms with Crippen molar-refractivity contribution in [3.8, 4) is 27.9 Å². The highest BCUT2D eigenvalue weighted by Crippen LogP contribution is 2.43. The maximum Gasteiger partial charge on any atom is 0.0619 e. The highest BCUT2D eigenvalue weighted by Gasteiger charge is 2.18. The number of benzene rings is 10. The number of para-hydroxylation sites is 1. The second-order valence-corrected chi connectivity index (χ2v) is 16.4. The molecule has 12 rings (SSSR count). The van der Waals surface area contributed by atoms with Gasteiger partial charge in [0.25, 0.3) is 0 Å². The topological polar surface area (TPSA) is 8.17 Å². The first-order valence-electron chi connectivity index (χ1n) is 20.2. The lowest BCUT2D eigenvalue weighted by Gasteiger charge is -2.26. The van der Waals surface area contributed by atoms with Gasteiger partial charge in [0.1, 0.15) is 0 Å². The second kappa shape index (κ2) is 13.6. The van der Waals surface area contributed by atoms with Crippen LogP contribution in [0.4, 0.5) is 17.1 Å². The molecule has 2 aromatic heterocycles. The summed E-state index contributed by atoms with van der Waals surface area (Å²) in [6.07, 6.45) is 0. The molecule has 0 unspecified atom stereocenters. The van der Waals surface area contributed by atoms with Crippen LogP contribution in [0.5, 0.6) is 0 Å². The lowest BCUT2D eigenvalue weighted by Crippen LogP contribution is -2.09. The minimum absolute atomic E-state index is 1.11. The van der Waals surface area contributed by atoms with Gasteiger partial charge in [-0.25, -0.2) is 0 Å². The van der Waals surface area contributed by atoms with Gasteiger partial charge < -0.3 is 9.47 Å². The molecule has 2 heterocycles. The van der Waals surface area contributed by atoms with Gasteiger partial charge in [0.05, 0.1) is 11.0 Å². The van der Waals surface area contributed by atoms with E-state index in [4.69, 9.17) is 0 Å². The molecular formula is C56H36N2S. The fraction of sp³-hybridized carbons (Fsp3) is 0. The van der Waals surface area contributed by atoms with Gasteiger partial charge >= 0.3 is 0 Å². The molecule has 0 aliphatic rings. The summed E-state index contributed by atoms with van der Waals surface area (Å²) in [6, 6.07) is 79.9. The summed E-state index contributed by atoms with van der Waals surface area (Å²) in [6.45, 7) is 0. The van der Waals surface area contributed by atoms with Crippen LogP contribution in [0, 0.1) is 0 Å². The zero-order chi connectivity index (χ0) is 38.9. The SMILES string of the molecule is c1ccc(-n2c3cc(-c4ccc(N(c5ccc(-c6cccc7c6sc6ccccc67)cc5)c5ccc6ccccc6c5)cc4)ccc3c3ccc4ccccc4c32)cc1. The molecule has 0 N–H and O–H groups in total. The molecule has 0 fully saturated rings. The highest BCUT2D eigenvalue weighted by atomic mass is 32.1. The summed E-state index contributed by atoms with van der Waals surface area (Å²) in [7, 11) is 0. The molecule has 0 radical (unpaired) electrons. The van der Waals surface area contributed by atoms with E-state index in [1.165, 1.54) is 85.8 Å². The van der Waals surface area contributed by atoms with Crippen molar-refractivity contribution in [3.63, 3.8) is 0 Å². The average Bonchev–Trinajstić information content (AvgIpc) is 3.86. The Morgan fingerprint density at radius 2 is 0.966 bits per heavy atom. The molecule has 0 amide bonds. The number of fused-ring (bicyclic) bond motifs is 9. The molecule has 59 heavy (non-hydrogen) atoms. The van der Waals surface area contributed by atoms with Gasteiger partial charge in [-0.1, -0.05) is 158 Å². The second-order valence-electron chi connectivity index (χ2n) is 15.3. The third-order valence-electron chi connectivity index (χ3n) is 12.0. The Kier molecular flexibility index (Phi) is 7.75. The van der Waals surface area contributed by atoms with Gasteiger partial charge in [0.2, 0.25) is 0 Å². The van der Waals surface area contributed by atoms with E-state index in [1.54, 1.807) is 0 Å². The largest absolute Gasteiger partial charge is 0.310 e. The first kappa shape index (κ1) is 33.7. The van der Waals surface area contributed by atoms with Crippen LogP contribution in [0.1, 0.15) is 0 Å². The highest BCUT2D eigenvalue weighted by molar-refractivity contribution is 7.26. The number of aromatic nitrogens is 1. The number of rotatable bonds is 6. The van der Waals surface area contributed by atoms with Gasteiger partial charge in [-0.05, 0) is 99.1 Å². The van der Waals surface area contributed by atoms with E-state index in [0.29, 0.717) is 0 Å². The maximum absolute atomic E-state index is 2.44. The van der Waals surface area contributed by atoms with Crippen LogP contribution < -0.4 is 4.90 Å². The van der Waals surface area contributed by atoms with Crippen LogP contribution in [-0.2, 0) is 0 Å². The quantitative estimate of drug-likeness (QED) is 0.164. The van der Waals surface area contributed by atoms with Crippen molar-refractivity contribution in [1.82, 2.24) is 4.57 Å². The Morgan fingerprint density at radius 1 is 0.356 bits per heavy atom. The standard InChI is InChI=1S/C56H36N2S/c1-2-14-43(15-3-1)58-53-36-42(27-33-49(53)51-34-26-39-12-6-7-16-47(39)55(51)58)38-21-28-44(29-22-38)57(46-32-23-37-11-4-5-13-41(37)35-46)45-30-24-40(25-31-45)48-18-10-19-52-50-17-8-9-20-54(50)59-56(48)52/h1-36H. The van der Waals surface area contributed by atoms with Crippen LogP contribution in [0.25, 0.3) is 91.5 Å². The van der Waals surface area contributed by atoms with E-state index < -0.39 is 0 Å². The summed E-state index contributed by atoms with van der Waals surface area (Å²) in [5.41, 5.74) is 11.8. The van der Waals surface area contributed by atoms with E-state index >= 15 is 0 Å². The fourth-order valence-electron chi connectivity index (χ4n) is 9.13. The van der Waals surface area contributed by atoms with Crippen LogP contribution in [0.15, 0.2) is 218 Å². The van der Waals surface area contributed by atoms with Gasteiger partial charge in [0.15, 0.2) is 0 Å². The third-order valence-corrected chi connectivity index (χ3v) is 13.2. The zero-order valence-electron chi connectivity index (χ0n) is 32.1. The van der Waals surface area contributed by atoms with Crippen molar-refractivity contribution in [2.75, 3.05) is 4.90 Å². The van der Waals surface area contributed by atoms with Crippen molar-refractivity contribution < 1.29 is 0 Å². The lowest BCUT2D eigenvalue weighted by molar-refractivity contribution is 1.19. The smallest absolute Gasteiger partial charge is 0.0619 e. The molecule has 0 saturated carbocycles. The Morgan fingerprint density at radius 3 is 1.78 bits per heavy atom. The first-order chi connectivity index (χ1) is 29.2. The summed E-state index contributed by atoms with van der Waals surface area (Å²) < 4.78 is 5.10. The summed E-state index contributed by atoms with van der Waals surface area (Å²) >= 11 is 1.88. The normalized spacial score (nSPS) is 11.7. The average molecular weight is 769 g/mol. The van der Waals surface area contributed by atoms with E-state index in [2.05, 4.69) is 228 Å². The van der Waals surface area contributed by atoms with E-state index in [1.807, 2.05) is 11.3 Å². The number of thiophene rings is 1. The number of anilines is 3. The van der Waals surface area contributed by atoms with Crippen molar-refractivity contribution in [2.45, 2.75) is 0 Å². The molecule has 0 bridgehead atoms. The predicted molar refractivity (Wildman–Crippen MR) is 254 cm³/mol. The van der Waals surface area contributed by atoms with Gasteiger partial charge in [-0.15, -0.1) is 11.3 Å². The minimum Gasteiger partial charge on any atom is -0.310 e. The number of hydrogen-bond acceptors (Lipinski definition) is 2. The van der Waals surface area contributed by atoms with Crippen LogP contribution in [0.3, 0.4) is 0 Å². The molecule has 0 aliphatic heterocycles. The molecule has 2 nitrogen and oxygen atoms in total. The van der Waals surface area contributed by atoms with Crippen LogP contribution in [-0.4, -0.2) is 4.57 Å². The minimum atomic E-state index is 1.11. The molecule has 0 saturated heterocycles. The summed E-state index contributed by atoms with van der Waals surface area (Å²) in [5, 5.41) is 10.1. The zero-order valence-corrected chi connectivity index (χ0v) is 32.9. The van der Waals surface area contributed by atoms with Crippen LogP contribution >= 0.6 is 11.3 Å². The van der Waals surface area contributed by atoms with Crippen LogP contribution in [0.2, 0.25) is 0 Å². The molecule has 0 atom stereocenters. The summed E-state index contributed by atoms with van der Waals surface area (Å²) in [5.74, 6) is 0. The Hall–Kier alpha value is -7.46. The Bertz CT molecular complexity index is 3540. The predicted octanol–water partition coefficient (Wildman–Crippen LogP) is 16.3. The monoisotopic (exact) mass is 768 g/mol. The molecular weight excluding hydrogens is 733 g/mol. The molecule has 10 aromatic carbocycles. The van der Waals surface area contributed by atoms with E-state index in [0.717, 1.165) is 22.7 Å². The lowest BCUT2D eigenvalue weighted by atomic mass is 10.0. The third kappa shape index (κ3) is 5.55. The molecule has 12 aromatic rings. The van der Waals surface area contributed by atoms with Crippen molar-refractivity contribution in [1.29, 1.82) is 0 Å². The van der Waals surface area contributed by atoms with Gasteiger partial charge in [0, 0.05) is 59.1 Å². The van der Waals surface area contributed by atoms with Gasteiger partial charge in [-0.3, -0.25) is 0 Å².